The van der Waals surface area contributed by atoms with Crippen molar-refractivity contribution in [2.45, 2.75) is 38.3 Å². The molecule has 1 unspecified atom stereocenters. The largest absolute Gasteiger partial charge is 0.360 e. The van der Waals surface area contributed by atoms with Gasteiger partial charge in [-0.1, -0.05) is 12.1 Å². The number of carbonyl (C=O) groups excluding carboxylic acids is 1. The Morgan fingerprint density at radius 3 is 2.53 bits per heavy atom. The molecule has 0 radical (unpaired) electrons. The number of nitrogens with one attached hydrogen (secondary N) is 1. The molecule has 2 aromatic rings. The van der Waals surface area contributed by atoms with Crippen LogP contribution in [0.1, 0.15) is 31.2 Å². The van der Waals surface area contributed by atoms with E-state index in [2.05, 4.69) is 16.3 Å². The van der Waals surface area contributed by atoms with Gasteiger partial charge >= 0.3 is 0 Å². The predicted molar refractivity (Wildman–Crippen MR) is 120 cm³/mol. The number of hydrogen-bond donors (Lipinski definition) is 2. The number of sulfonamides is 1. The van der Waals surface area contributed by atoms with Gasteiger partial charge in [0, 0.05) is 31.0 Å². The lowest BCUT2D eigenvalue weighted by Crippen LogP contribution is -2.47. The van der Waals surface area contributed by atoms with Gasteiger partial charge in [-0.25, -0.2) is 8.42 Å². The van der Waals surface area contributed by atoms with Gasteiger partial charge in [0.15, 0.2) is 0 Å². The molecule has 0 aliphatic carbocycles. The van der Waals surface area contributed by atoms with Crippen LogP contribution < -0.4 is 20.3 Å². The summed E-state index contributed by atoms with van der Waals surface area (Å²) in [5, 5.41) is 3.01. The smallest absolute Gasteiger partial charge is 0.247 e. The SMILES string of the molecule is NCc1cccc(N2CCCCC2C(=O)Nc2ccc(N3CCCS3(=O)=O)cc2)c1. The van der Waals surface area contributed by atoms with Gasteiger partial charge in [0.05, 0.1) is 11.4 Å². The monoisotopic (exact) mass is 428 g/mol. The highest BCUT2D eigenvalue weighted by atomic mass is 32.2. The average Bonchev–Trinajstić information content (AvgIpc) is 3.13. The minimum atomic E-state index is -3.21. The maximum atomic E-state index is 13.1. The number of carbonyl (C=O) groups is 1. The maximum absolute atomic E-state index is 13.1. The van der Waals surface area contributed by atoms with Gasteiger partial charge in [-0.05, 0) is 67.6 Å². The van der Waals surface area contributed by atoms with Crippen molar-refractivity contribution < 1.29 is 13.2 Å². The molecule has 2 aliphatic rings. The summed E-state index contributed by atoms with van der Waals surface area (Å²) in [6.07, 6.45) is 3.50. The Morgan fingerprint density at radius 1 is 1.03 bits per heavy atom. The second-order valence-electron chi connectivity index (χ2n) is 7.86. The highest BCUT2D eigenvalue weighted by Crippen LogP contribution is 2.28. The third-order valence-corrected chi connectivity index (χ3v) is 7.68. The Balaban J connectivity index is 1.48. The van der Waals surface area contributed by atoms with Gasteiger partial charge in [-0.15, -0.1) is 0 Å². The van der Waals surface area contributed by atoms with Crippen molar-refractivity contribution in [2.75, 3.05) is 33.4 Å². The minimum absolute atomic E-state index is 0.0469. The molecule has 8 heteroatoms. The summed E-state index contributed by atoms with van der Waals surface area (Å²) in [6, 6.07) is 14.8. The molecule has 0 aromatic heterocycles. The fourth-order valence-corrected chi connectivity index (χ4v) is 5.81. The van der Waals surface area contributed by atoms with Crippen LogP contribution in [0.2, 0.25) is 0 Å². The van der Waals surface area contributed by atoms with E-state index < -0.39 is 10.0 Å². The van der Waals surface area contributed by atoms with Crippen LogP contribution in [0.3, 0.4) is 0 Å². The molecule has 1 amide bonds. The Bertz CT molecular complexity index is 1010. The lowest BCUT2D eigenvalue weighted by Gasteiger charge is -2.36. The zero-order valence-corrected chi connectivity index (χ0v) is 17.8. The number of anilines is 3. The minimum Gasteiger partial charge on any atom is -0.360 e. The summed E-state index contributed by atoms with van der Waals surface area (Å²) in [5.41, 5.74) is 9.16. The molecule has 3 N–H and O–H groups in total. The van der Waals surface area contributed by atoms with Gasteiger partial charge < -0.3 is 16.0 Å². The molecule has 1 atom stereocenters. The standard InChI is InChI=1S/C22H28N4O3S/c23-16-17-5-3-6-20(15-17)25-12-2-1-7-21(25)22(27)24-18-8-10-19(11-9-18)26-13-4-14-30(26,28)29/h3,5-6,8-11,15,21H,1-2,4,7,12-14,16,23H2,(H,24,27). The van der Waals surface area contributed by atoms with E-state index in [-0.39, 0.29) is 17.7 Å². The van der Waals surface area contributed by atoms with Crippen LogP contribution in [0.4, 0.5) is 17.1 Å². The molecule has 2 saturated heterocycles. The number of amides is 1. The second-order valence-corrected chi connectivity index (χ2v) is 9.87. The zero-order valence-electron chi connectivity index (χ0n) is 17.0. The normalized spacial score (nSPS) is 20.9. The summed E-state index contributed by atoms with van der Waals surface area (Å²) in [5.74, 6) is 0.142. The third-order valence-electron chi connectivity index (χ3n) is 5.81. The number of piperidine rings is 1. The van der Waals surface area contributed by atoms with Gasteiger partial charge in [-0.3, -0.25) is 9.10 Å². The molecule has 2 aliphatic heterocycles. The molecule has 0 spiro atoms. The van der Waals surface area contributed by atoms with Crippen LogP contribution >= 0.6 is 0 Å². The van der Waals surface area contributed by atoms with E-state index in [0.29, 0.717) is 30.9 Å². The Hall–Kier alpha value is -2.58. The second kappa shape index (κ2) is 8.65. The van der Waals surface area contributed by atoms with E-state index in [0.717, 1.165) is 37.1 Å². The molecule has 30 heavy (non-hydrogen) atoms. The predicted octanol–water partition coefficient (Wildman–Crippen LogP) is 2.68. The summed E-state index contributed by atoms with van der Waals surface area (Å²) >= 11 is 0. The number of nitrogens with two attached hydrogens (primary N) is 1. The molecule has 4 rings (SSSR count). The lowest BCUT2D eigenvalue weighted by atomic mass is 9.99. The highest BCUT2D eigenvalue weighted by Gasteiger charge is 2.30. The molecule has 0 bridgehead atoms. The van der Waals surface area contributed by atoms with Crippen molar-refractivity contribution >= 4 is 33.0 Å². The average molecular weight is 429 g/mol. The van der Waals surface area contributed by atoms with Crippen molar-refractivity contribution in [3.05, 3.63) is 54.1 Å². The fraction of sp³-hybridized carbons (Fsp3) is 0.409. The van der Waals surface area contributed by atoms with E-state index in [9.17, 15) is 13.2 Å². The van der Waals surface area contributed by atoms with Crippen molar-refractivity contribution in [1.82, 2.24) is 0 Å². The fourth-order valence-electron chi connectivity index (χ4n) is 4.24. The van der Waals surface area contributed by atoms with Crippen LogP contribution in [0.5, 0.6) is 0 Å². The topological polar surface area (TPSA) is 95.7 Å². The van der Waals surface area contributed by atoms with Gasteiger partial charge in [0.25, 0.3) is 0 Å². The van der Waals surface area contributed by atoms with E-state index in [1.165, 1.54) is 4.31 Å². The quantitative estimate of drug-likeness (QED) is 0.763. The van der Waals surface area contributed by atoms with Crippen LogP contribution in [0.25, 0.3) is 0 Å². The van der Waals surface area contributed by atoms with E-state index in [1.54, 1.807) is 24.3 Å². The Morgan fingerprint density at radius 2 is 1.83 bits per heavy atom. The maximum Gasteiger partial charge on any atom is 0.247 e. The highest BCUT2D eigenvalue weighted by molar-refractivity contribution is 7.93. The van der Waals surface area contributed by atoms with Gasteiger partial charge in [0.2, 0.25) is 15.9 Å². The zero-order chi connectivity index (χ0) is 21.1. The number of hydrogen-bond acceptors (Lipinski definition) is 5. The molecular weight excluding hydrogens is 400 g/mol. The van der Waals surface area contributed by atoms with Crippen LogP contribution in [-0.4, -0.2) is 39.2 Å². The first-order valence-electron chi connectivity index (χ1n) is 10.4. The van der Waals surface area contributed by atoms with Crippen molar-refractivity contribution in [3.8, 4) is 0 Å². The Labute approximate surface area is 177 Å². The Kier molecular flexibility index (Phi) is 5.97. The van der Waals surface area contributed by atoms with Gasteiger partial charge in [0.1, 0.15) is 6.04 Å². The first kappa shape index (κ1) is 20.7. The van der Waals surface area contributed by atoms with Crippen LogP contribution in [0.15, 0.2) is 48.5 Å². The van der Waals surface area contributed by atoms with E-state index in [1.807, 2.05) is 18.2 Å². The molecule has 160 valence electrons. The number of rotatable bonds is 5. The summed E-state index contributed by atoms with van der Waals surface area (Å²) in [7, 11) is -3.21. The molecular formula is C22H28N4O3S. The molecule has 7 nitrogen and oxygen atoms in total. The summed E-state index contributed by atoms with van der Waals surface area (Å²) in [6.45, 7) is 1.81. The first-order valence-corrected chi connectivity index (χ1v) is 12.1. The van der Waals surface area contributed by atoms with E-state index in [4.69, 9.17) is 5.73 Å². The molecule has 0 saturated carbocycles. The van der Waals surface area contributed by atoms with E-state index >= 15 is 0 Å². The van der Waals surface area contributed by atoms with Gasteiger partial charge in [-0.2, -0.15) is 0 Å². The summed E-state index contributed by atoms with van der Waals surface area (Å²) in [4.78, 5) is 15.2. The molecule has 2 heterocycles. The van der Waals surface area contributed by atoms with Crippen molar-refractivity contribution in [1.29, 1.82) is 0 Å². The third kappa shape index (κ3) is 4.29. The molecule has 2 aromatic carbocycles. The van der Waals surface area contributed by atoms with Crippen LogP contribution in [0, 0.1) is 0 Å². The number of nitrogens with zero attached hydrogens (tertiary/aromatic N) is 2. The van der Waals surface area contributed by atoms with Crippen molar-refractivity contribution in [2.24, 2.45) is 5.73 Å². The van der Waals surface area contributed by atoms with Crippen LogP contribution in [-0.2, 0) is 21.4 Å². The van der Waals surface area contributed by atoms with Crippen molar-refractivity contribution in [3.63, 3.8) is 0 Å². The number of benzene rings is 2. The molecule has 2 fully saturated rings. The summed E-state index contributed by atoms with van der Waals surface area (Å²) < 4.78 is 25.6. The first-order chi connectivity index (χ1) is 14.5. The lowest BCUT2D eigenvalue weighted by molar-refractivity contribution is -0.117.